The average Bonchev–Trinajstić information content (AvgIpc) is 2.92. The van der Waals surface area contributed by atoms with Crippen LogP contribution in [0.2, 0.25) is 10.0 Å². The summed E-state index contributed by atoms with van der Waals surface area (Å²) in [5.41, 5.74) is 0.419. The number of hydrogen-bond acceptors (Lipinski definition) is 7. The number of methoxy groups -OCH3 is 2. The van der Waals surface area contributed by atoms with Crippen molar-refractivity contribution in [1.82, 2.24) is 4.98 Å². The lowest BCUT2D eigenvalue weighted by molar-refractivity contribution is -0.124. The van der Waals surface area contributed by atoms with Crippen molar-refractivity contribution in [3.63, 3.8) is 0 Å². The number of aromatic nitrogens is 1. The van der Waals surface area contributed by atoms with E-state index in [1.54, 1.807) is 23.1 Å². The molecule has 1 aromatic heterocycles. The fourth-order valence-corrected chi connectivity index (χ4v) is 7.88. The van der Waals surface area contributed by atoms with E-state index in [1.165, 1.54) is 32.4 Å². The molecule has 1 aliphatic carbocycles. The zero-order valence-corrected chi connectivity index (χ0v) is 24.6. The molecular weight excluding hydrogens is 599 g/mol. The fraction of sp³-hybridized carbons (Fsp3) is 0.357. The molecule has 1 saturated carbocycles. The second-order valence-corrected chi connectivity index (χ2v) is 12.9. The van der Waals surface area contributed by atoms with Gasteiger partial charge in [0.05, 0.1) is 31.5 Å². The largest absolute Gasteiger partial charge is 0.497 e. The van der Waals surface area contributed by atoms with Gasteiger partial charge in [-0.3, -0.25) is 4.79 Å². The van der Waals surface area contributed by atoms with E-state index in [-0.39, 0.29) is 28.5 Å². The predicted molar refractivity (Wildman–Crippen MR) is 152 cm³/mol. The number of Topliss-reactive ketones (excluding diaryl/α,β-unsaturated/α-hetero) is 1. The molecule has 0 bridgehead atoms. The van der Waals surface area contributed by atoms with Gasteiger partial charge in [-0.15, -0.1) is 0 Å². The number of sulfonamides is 1. The topological polar surface area (TPSA) is 89.0 Å². The normalized spacial score (nSPS) is 16.4. The first-order valence-corrected chi connectivity index (χ1v) is 15.0. The second-order valence-electron chi connectivity index (χ2n) is 10.3. The van der Waals surface area contributed by atoms with E-state index in [0.717, 1.165) is 23.2 Å². The first kappa shape index (κ1) is 29.3. The monoisotopic (exact) mass is 625 g/mol. The number of carbonyl (C=O) groups is 1. The van der Waals surface area contributed by atoms with Gasteiger partial charge < -0.3 is 14.4 Å². The Bertz CT molecular complexity index is 1620. The van der Waals surface area contributed by atoms with Gasteiger partial charge >= 0.3 is 0 Å². The maximum Gasteiger partial charge on any atom is 0.270 e. The van der Waals surface area contributed by atoms with E-state index < -0.39 is 43.3 Å². The van der Waals surface area contributed by atoms with E-state index in [9.17, 15) is 17.6 Å². The lowest BCUT2D eigenvalue weighted by Crippen LogP contribution is -2.58. The molecule has 0 atom stereocenters. The van der Waals surface area contributed by atoms with Gasteiger partial charge in [-0.2, -0.15) is 4.39 Å². The summed E-state index contributed by atoms with van der Waals surface area (Å²) >= 11 is 12.9. The van der Waals surface area contributed by atoms with Crippen LogP contribution in [0.3, 0.4) is 0 Å². The van der Waals surface area contributed by atoms with Crippen molar-refractivity contribution in [3.05, 3.63) is 69.8 Å². The standard InChI is InChI=1S/C28H27Cl2F2N3O5S/c1-39-19-9-8-17(22(11-19)40-2)14-35(24-7-3-6-23(31)33-24)41(37,38)27-20(29)12-21(25(30)26(27)32)34-15-28(16-34)10-4-5-18(36)13-28/h3,6-9,11-12H,4-5,10,13-16H2,1-2H3. The number of halogens is 4. The molecule has 2 aromatic carbocycles. The van der Waals surface area contributed by atoms with Crippen molar-refractivity contribution in [2.24, 2.45) is 5.41 Å². The molecule has 3 aromatic rings. The van der Waals surface area contributed by atoms with E-state index in [4.69, 9.17) is 32.7 Å². The summed E-state index contributed by atoms with van der Waals surface area (Å²) in [4.78, 5) is 16.7. The molecular formula is C28H27Cl2F2N3O5S. The Kier molecular flexibility index (Phi) is 8.06. The van der Waals surface area contributed by atoms with Crippen LogP contribution in [0.25, 0.3) is 0 Å². The minimum Gasteiger partial charge on any atom is -0.497 e. The second kappa shape index (κ2) is 11.3. The van der Waals surface area contributed by atoms with Crippen molar-refractivity contribution in [2.45, 2.75) is 37.1 Å². The Labute approximate surface area is 246 Å². The highest BCUT2D eigenvalue weighted by Crippen LogP contribution is 2.48. The van der Waals surface area contributed by atoms with Gasteiger partial charge in [0.1, 0.15) is 33.0 Å². The zero-order valence-electron chi connectivity index (χ0n) is 22.3. The Balaban J connectivity index is 1.54. The first-order chi connectivity index (χ1) is 19.5. The zero-order chi connectivity index (χ0) is 29.5. The van der Waals surface area contributed by atoms with E-state index in [2.05, 4.69) is 4.98 Å². The summed E-state index contributed by atoms with van der Waals surface area (Å²) in [7, 11) is -1.93. The number of benzene rings is 2. The lowest BCUT2D eigenvalue weighted by Gasteiger charge is -2.53. The molecule has 0 N–H and O–H groups in total. The first-order valence-electron chi connectivity index (χ1n) is 12.8. The minimum absolute atomic E-state index is 0.191. The number of rotatable bonds is 8. The molecule has 2 heterocycles. The molecule has 0 amide bonds. The molecule has 1 spiro atoms. The Morgan fingerprint density at radius 1 is 1.10 bits per heavy atom. The smallest absolute Gasteiger partial charge is 0.270 e. The summed E-state index contributed by atoms with van der Waals surface area (Å²) in [6, 6.07) is 9.66. The third-order valence-corrected chi connectivity index (χ3v) is 10.1. The molecule has 1 aliphatic heterocycles. The van der Waals surface area contributed by atoms with Crippen molar-refractivity contribution in [3.8, 4) is 11.5 Å². The van der Waals surface area contributed by atoms with Crippen molar-refractivity contribution in [2.75, 3.05) is 36.5 Å². The van der Waals surface area contributed by atoms with Crippen LogP contribution in [0.5, 0.6) is 11.5 Å². The van der Waals surface area contributed by atoms with Crippen LogP contribution in [-0.2, 0) is 21.4 Å². The number of ketones is 1. The number of hydrogen-bond donors (Lipinski definition) is 0. The highest BCUT2D eigenvalue weighted by Gasteiger charge is 2.47. The van der Waals surface area contributed by atoms with Crippen LogP contribution in [-0.4, -0.2) is 46.5 Å². The molecule has 2 aliphatic rings. The van der Waals surface area contributed by atoms with Crippen molar-refractivity contribution < 1.29 is 31.5 Å². The average molecular weight is 627 g/mol. The van der Waals surface area contributed by atoms with E-state index >= 15 is 4.39 Å². The van der Waals surface area contributed by atoms with Gasteiger partial charge in [0, 0.05) is 43.0 Å². The Hall–Kier alpha value is -3.15. The van der Waals surface area contributed by atoms with Crippen LogP contribution in [0, 0.1) is 17.2 Å². The highest BCUT2D eigenvalue weighted by molar-refractivity contribution is 7.93. The fourth-order valence-electron chi connectivity index (χ4n) is 5.56. The number of carbonyl (C=O) groups excluding carboxylic acids is 1. The molecule has 2 fully saturated rings. The van der Waals surface area contributed by atoms with Gasteiger partial charge in [-0.25, -0.2) is 22.1 Å². The van der Waals surface area contributed by atoms with Gasteiger partial charge in [-0.05, 0) is 43.2 Å². The third-order valence-electron chi connectivity index (χ3n) is 7.54. The van der Waals surface area contributed by atoms with E-state index in [0.29, 0.717) is 37.2 Å². The SMILES string of the molecule is COc1ccc(CN(c2cccc(F)n2)S(=O)(=O)c2c(Cl)cc(N3CC4(CCCC(=O)C4)C3)c(Cl)c2F)c(OC)c1. The quantitative estimate of drug-likeness (QED) is 0.223. The number of pyridine rings is 1. The Morgan fingerprint density at radius 2 is 1.85 bits per heavy atom. The molecule has 8 nitrogen and oxygen atoms in total. The predicted octanol–water partition coefficient (Wildman–Crippen LogP) is 6.03. The van der Waals surface area contributed by atoms with Crippen LogP contribution in [0.4, 0.5) is 20.3 Å². The molecule has 1 saturated heterocycles. The number of ether oxygens (including phenoxy) is 2. The van der Waals surface area contributed by atoms with Gasteiger partial charge in [0.2, 0.25) is 5.95 Å². The molecule has 0 radical (unpaired) electrons. The summed E-state index contributed by atoms with van der Waals surface area (Å²) in [6.45, 7) is 0.567. The van der Waals surface area contributed by atoms with Crippen LogP contribution >= 0.6 is 23.2 Å². The summed E-state index contributed by atoms with van der Waals surface area (Å²) < 4.78 is 69.6. The van der Waals surface area contributed by atoms with Gasteiger partial charge in [0.15, 0.2) is 5.82 Å². The maximum absolute atomic E-state index is 15.9. The lowest BCUT2D eigenvalue weighted by atomic mass is 9.68. The van der Waals surface area contributed by atoms with Gasteiger partial charge in [-0.1, -0.05) is 29.3 Å². The number of anilines is 2. The highest BCUT2D eigenvalue weighted by atomic mass is 35.5. The molecule has 41 heavy (non-hydrogen) atoms. The number of nitrogens with zero attached hydrogens (tertiary/aromatic N) is 3. The van der Waals surface area contributed by atoms with Crippen LogP contribution in [0.1, 0.15) is 31.2 Å². The van der Waals surface area contributed by atoms with E-state index in [1.807, 2.05) is 0 Å². The summed E-state index contributed by atoms with van der Waals surface area (Å²) in [6.07, 6.45) is 2.69. The van der Waals surface area contributed by atoms with Crippen LogP contribution in [0.15, 0.2) is 47.4 Å². The summed E-state index contributed by atoms with van der Waals surface area (Å²) in [5.74, 6) is -1.52. The maximum atomic E-state index is 15.9. The molecule has 218 valence electrons. The third kappa shape index (κ3) is 5.54. The molecule has 13 heteroatoms. The summed E-state index contributed by atoms with van der Waals surface area (Å²) in [5, 5.41) is -0.815. The minimum atomic E-state index is -4.80. The Morgan fingerprint density at radius 3 is 2.51 bits per heavy atom. The molecule has 5 rings (SSSR count). The molecule has 0 unspecified atom stereocenters. The van der Waals surface area contributed by atoms with Crippen molar-refractivity contribution in [1.29, 1.82) is 0 Å². The van der Waals surface area contributed by atoms with Gasteiger partial charge in [0.25, 0.3) is 10.0 Å². The van der Waals surface area contributed by atoms with Crippen LogP contribution < -0.4 is 18.7 Å². The van der Waals surface area contributed by atoms with Crippen molar-refractivity contribution >= 4 is 50.5 Å².